The first-order valence-corrected chi connectivity index (χ1v) is 9.94. The molecule has 7 nitrogen and oxygen atoms in total. The molecule has 0 spiro atoms. The van der Waals surface area contributed by atoms with E-state index in [2.05, 4.69) is 11.8 Å². The van der Waals surface area contributed by atoms with Crippen LogP contribution in [0, 0.1) is 0 Å². The number of hydrogen-bond donors (Lipinski definition) is 1. The maximum absolute atomic E-state index is 12.2. The van der Waals surface area contributed by atoms with E-state index >= 15 is 0 Å². The summed E-state index contributed by atoms with van der Waals surface area (Å²) in [7, 11) is 0. The van der Waals surface area contributed by atoms with Crippen LogP contribution in [0.1, 0.15) is 31.5 Å². The highest BCUT2D eigenvalue weighted by Crippen LogP contribution is 2.31. The average Bonchev–Trinajstić information content (AvgIpc) is 2.73. The number of aromatic nitrogens is 2. The molecule has 4 rings (SSSR count). The molecular formula is C21H27N5O2. The van der Waals surface area contributed by atoms with E-state index in [1.165, 1.54) is 0 Å². The van der Waals surface area contributed by atoms with Gasteiger partial charge in [-0.25, -0.2) is 9.97 Å². The molecule has 148 valence electrons. The second-order valence-corrected chi connectivity index (χ2v) is 7.45. The Bertz CT molecular complexity index is 868. The van der Waals surface area contributed by atoms with E-state index in [4.69, 9.17) is 20.4 Å². The second-order valence-electron chi connectivity index (χ2n) is 7.45. The highest BCUT2D eigenvalue weighted by molar-refractivity contribution is 5.76. The number of carbonyl (C=O) groups is 1. The minimum absolute atomic E-state index is 0.166. The van der Waals surface area contributed by atoms with Gasteiger partial charge in [-0.05, 0) is 37.6 Å². The highest BCUT2D eigenvalue weighted by Gasteiger charge is 2.29. The summed E-state index contributed by atoms with van der Waals surface area (Å²) < 4.78 is 5.62. The first-order chi connectivity index (χ1) is 13.6. The maximum atomic E-state index is 12.2. The van der Waals surface area contributed by atoms with Crippen LogP contribution in [0.4, 0.5) is 11.5 Å². The van der Waals surface area contributed by atoms with Crippen LogP contribution in [0.25, 0.3) is 11.4 Å². The van der Waals surface area contributed by atoms with E-state index in [1.807, 2.05) is 36.1 Å². The summed E-state index contributed by atoms with van der Waals surface area (Å²) in [5, 5.41) is 0. The van der Waals surface area contributed by atoms with Gasteiger partial charge < -0.3 is 20.3 Å². The summed E-state index contributed by atoms with van der Waals surface area (Å²) in [4.78, 5) is 26.3. The highest BCUT2D eigenvalue weighted by atomic mass is 16.5. The van der Waals surface area contributed by atoms with Crippen molar-refractivity contribution in [2.24, 2.45) is 0 Å². The fraction of sp³-hybridized carbons (Fsp3) is 0.476. The minimum Gasteiger partial charge on any atom is -0.399 e. The van der Waals surface area contributed by atoms with Crippen LogP contribution in [0.15, 0.2) is 24.3 Å². The summed E-state index contributed by atoms with van der Waals surface area (Å²) in [6.07, 6.45) is 1.29. The number of ether oxygens (including phenoxy) is 1. The Balaban J connectivity index is 1.79. The third-order valence-electron chi connectivity index (χ3n) is 5.51. The number of nitrogens with two attached hydrogens (primary N) is 1. The van der Waals surface area contributed by atoms with Gasteiger partial charge in [-0.15, -0.1) is 0 Å². The van der Waals surface area contributed by atoms with E-state index in [0.29, 0.717) is 37.7 Å². The summed E-state index contributed by atoms with van der Waals surface area (Å²) >= 11 is 0. The van der Waals surface area contributed by atoms with Crippen LogP contribution in [0.2, 0.25) is 0 Å². The lowest BCUT2D eigenvalue weighted by atomic mass is 10.0. The molecule has 1 aromatic heterocycles. The van der Waals surface area contributed by atoms with Crippen molar-refractivity contribution in [1.29, 1.82) is 0 Å². The molecule has 2 aliphatic heterocycles. The number of nitrogen functional groups attached to an aromatic ring is 1. The van der Waals surface area contributed by atoms with Gasteiger partial charge in [-0.2, -0.15) is 0 Å². The molecule has 2 aliphatic rings. The van der Waals surface area contributed by atoms with Crippen molar-refractivity contribution in [2.75, 3.05) is 36.9 Å². The zero-order chi connectivity index (χ0) is 19.7. The van der Waals surface area contributed by atoms with Gasteiger partial charge in [-0.1, -0.05) is 6.92 Å². The maximum Gasteiger partial charge on any atom is 0.222 e. The lowest BCUT2D eigenvalue weighted by Gasteiger charge is -2.37. The zero-order valence-electron chi connectivity index (χ0n) is 16.5. The fourth-order valence-electron chi connectivity index (χ4n) is 3.89. The van der Waals surface area contributed by atoms with Gasteiger partial charge in [0.1, 0.15) is 5.82 Å². The van der Waals surface area contributed by atoms with Crippen molar-refractivity contribution in [3.63, 3.8) is 0 Å². The van der Waals surface area contributed by atoms with Gasteiger partial charge in [-0.3, -0.25) is 4.79 Å². The number of hydrogen-bond acceptors (Lipinski definition) is 6. The van der Waals surface area contributed by atoms with E-state index in [-0.39, 0.29) is 11.9 Å². The molecular weight excluding hydrogens is 354 g/mol. The predicted molar refractivity (Wildman–Crippen MR) is 109 cm³/mol. The molecule has 0 aliphatic carbocycles. The summed E-state index contributed by atoms with van der Waals surface area (Å²) in [6.45, 7) is 7.51. The van der Waals surface area contributed by atoms with E-state index < -0.39 is 0 Å². The van der Waals surface area contributed by atoms with Gasteiger partial charge in [0, 0.05) is 36.3 Å². The summed E-state index contributed by atoms with van der Waals surface area (Å²) in [6, 6.07) is 7.87. The van der Waals surface area contributed by atoms with Crippen molar-refractivity contribution >= 4 is 17.4 Å². The first kappa shape index (κ1) is 18.7. The fourth-order valence-corrected chi connectivity index (χ4v) is 3.89. The third-order valence-corrected chi connectivity index (χ3v) is 5.51. The molecule has 2 N–H and O–H groups in total. The van der Waals surface area contributed by atoms with E-state index in [1.54, 1.807) is 0 Å². The Morgan fingerprint density at radius 3 is 2.75 bits per heavy atom. The smallest absolute Gasteiger partial charge is 0.222 e. The molecule has 1 aromatic carbocycles. The number of carbonyl (C=O) groups excluding carboxylic acids is 1. The first-order valence-electron chi connectivity index (χ1n) is 9.94. The quantitative estimate of drug-likeness (QED) is 0.821. The number of fused-ring (bicyclic) bond motifs is 1. The lowest BCUT2D eigenvalue weighted by Crippen LogP contribution is -2.45. The van der Waals surface area contributed by atoms with Gasteiger partial charge >= 0.3 is 0 Å². The van der Waals surface area contributed by atoms with Crippen molar-refractivity contribution < 1.29 is 9.53 Å². The van der Waals surface area contributed by atoms with Gasteiger partial charge in [0.25, 0.3) is 0 Å². The Morgan fingerprint density at radius 1 is 1.25 bits per heavy atom. The molecule has 1 atom stereocenters. The Hall–Kier alpha value is -2.67. The molecule has 2 aromatic rings. The predicted octanol–water partition coefficient (Wildman–Crippen LogP) is 2.25. The van der Waals surface area contributed by atoms with Crippen LogP contribution < -0.4 is 10.6 Å². The van der Waals surface area contributed by atoms with Gasteiger partial charge in [0.05, 0.1) is 31.5 Å². The largest absolute Gasteiger partial charge is 0.399 e. The van der Waals surface area contributed by atoms with Crippen LogP contribution in [-0.2, 0) is 22.5 Å². The average molecular weight is 381 g/mol. The molecule has 1 amide bonds. The van der Waals surface area contributed by atoms with Crippen molar-refractivity contribution in [2.45, 2.75) is 39.3 Å². The van der Waals surface area contributed by atoms with Gasteiger partial charge in [0.2, 0.25) is 5.91 Å². The number of anilines is 2. The number of nitrogens with zero attached hydrogens (tertiary/aromatic N) is 4. The second kappa shape index (κ2) is 7.75. The topological polar surface area (TPSA) is 84.6 Å². The van der Waals surface area contributed by atoms with Crippen molar-refractivity contribution in [3.8, 4) is 11.4 Å². The molecule has 1 fully saturated rings. The Labute approximate surface area is 165 Å². The number of amides is 1. The normalized spacial score (nSPS) is 19.4. The van der Waals surface area contributed by atoms with Crippen LogP contribution in [0.5, 0.6) is 0 Å². The van der Waals surface area contributed by atoms with Crippen LogP contribution in [-0.4, -0.2) is 53.1 Å². The molecule has 0 radical (unpaired) electrons. The van der Waals surface area contributed by atoms with Crippen molar-refractivity contribution in [3.05, 3.63) is 35.5 Å². The minimum atomic E-state index is 0.166. The lowest BCUT2D eigenvalue weighted by molar-refractivity contribution is -0.131. The van der Waals surface area contributed by atoms with Crippen LogP contribution >= 0.6 is 0 Å². The summed E-state index contributed by atoms with van der Waals surface area (Å²) in [5.41, 5.74) is 9.59. The summed E-state index contributed by atoms with van der Waals surface area (Å²) in [5.74, 6) is 1.83. The van der Waals surface area contributed by atoms with E-state index in [9.17, 15) is 4.79 Å². The molecule has 1 saturated heterocycles. The monoisotopic (exact) mass is 381 g/mol. The Kier molecular flexibility index (Phi) is 5.17. The standard InChI is InChI=1S/C21H27N5O2/c1-3-19(27)25-9-8-17-18(12-25)23-20(15-4-6-16(22)7-5-15)24-21(17)26-10-11-28-13-14(26)2/h4-7,14H,3,8-13,22H2,1-2H3. The zero-order valence-corrected chi connectivity index (χ0v) is 16.5. The number of rotatable bonds is 3. The van der Waals surface area contributed by atoms with E-state index in [0.717, 1.165) is 42.1 Å². The third kappa shape index (κ3) is 3.54. The number of benzene rings is 1. The molecule has 0 bridgehead atoms. The molecule has 3 heterocycles. The Morgan fingerprint density at radius 2 is 2.04 bits per heavy atom. The molecule has 1 unspecified atom stereocenters. The SMILES string of the molecule is CCC(=O)N1CCc2c(nc(-c3ccc(N)cc3)nc2N2CCOCC2C)C1. The van der Waals surface area contributed by atoms with Crippen LogP contribution in [0.3, 0.4) is 0 Å². The molecule has 0 saturated carbocycles. The van der Waals surface area contributed by atoms with Crippen molar-refractivity contribution in [1.82, 2.24) is 14.9 Å². The number of morpholine rings is 1. The molecule has 28 heavy (non-hydrogen) atoms. The molecule has 7 heteroatoms. The van der Waals surface area contributed by atoms with Gasteiger partial charge in [0.15, 0.2) is 5.82 Å².